The molecule has 7 nitrogen and oxygen atoms in total. The van der Waals surface area contributed by atoms with Crippen LogP contribution in [0.1, 0.15) is 81.5 Å². The fraction of sp³-hybridized carbons (Fsp3) is 0.455. The van der Waals surface area contributed by atoms with Crippen LogP contribution in [0.4, 0.5) is 16.4 Å². The Morgan fingerprint density at radius 1 is 0.804 bits per heavy atom. The second-order valence-electron chi connectivity index (χ2n) is 15.7. The van der Waals surface area contributed by atoms with Crippen molar-refractivity contribution in [2.45, 2.75) is 91.5 Å². The van der Waals surface area contributed by atoms with Crippen molar-refractivity contribution in [2.75, 3.05) is 36.5 Å². The van der Waals surface area contributed by atoms with E-state index in [1.807, 2.05) is 37.8 Å². The molecule has 51 heavy (non-hydrogen) atoms. The molecule has 1 aliphatic carbocycles. The number of likely N-dealkylation sites (tertiary alicyclic amines) is 1. The molecule has 1 unspecified atom stereocenters. The van der Waals surface area contributed by atoms with Crippen LogP contribution in [0.25, 0.3) is 0 Å². The number of amides is 1. The van der Waals surface area contributed by atoms with Crippen LogP contribution in [0.5, 0.6) is 5.75 Å². The minimum absolute atomic E-state index is 0.163. The van der Waals surface area contributed by atoms with Gasteiger partial charge in [-0.15, -0.1) is 0 Å². The first kappa shape index (κ1) is 36.3. The molecule has 1 amide bonds. The van der Waals surface area contributed by atoms with E-state index in [4.69, 9.17) is 14.5 Å². The van der Waals surface area contributed by atoms with E-state index in [2.05, 4.69) is 102 Å². The minimum atomic E-state index is -0.474. The van der Waals surface area contributed by atoms with Gasteiger partial charge < -0.3 is 24.2 Å². The number of carbonyl (C=O) groups is 1. The Morgan fingerprint density at radius 3 is 1.94 bits per heavy atom. The Balaban J connectivity index is 1.20. The van der Waals surface area contributed by atoms with Crippen molar-refractivity contribution in [3.63, 3.8) is 0 Å². The Labute approximate surface area is 305 Å². The predicted molar refractivity (Wildman–Crippen MR) is 207 cm³/mol. The molecule has 1 aromatic heterocycles. The lowest BCUT2D eigenvalue weighted by atomic mass is 9.79. The highest BCUT2D eigenvalue weighted by Gasteiger charge is 2.52. The number of aryl methyl sites for hydroxylation is 1. The number of nitrogens with zero attached hydrogens (tertiary/aromatic N) is 4. The van der Waals surface area contributed by atoms with Crippen LogP contribution in [-0.4, -0.2) is 48.3 Å². The smallest absolute Gasteiger partial charge is 0.410 e. The molecule has 2 heterocycles. The number of aromatic nitrogens is 1. The molecule has 1 atom stereocenters. The van der Waals surface area contributed by atoms with Gasteiger partial charge in [-0.3, -0.25) is 0 Å². The number of piperidine rings is 1. The molecule has 1 saturated carbocycles. The summed E-state index contributed by atoms with van der Waals surface area (Å²) in [7, 11) is 1.71. The average molecular weight is 689 g/mol. The van der Waals surface area contributed by atoms with Gasteiger partial charge in [0.25, 0.3) is 0 Å². The molecule has 0 radical (unpaired) electrons. The van der Waals surface area contributed by atoms with Crippen LogP contribution in [0.15, 0.2) is 97.1 Å². The lowest BCUT2D eigenvalue weighted by Crippen LogP contribution is -2.46. The molecule has 1 aliphatic heterocycles. The molecule has 4 aromatic rings. The third-order valence-corrected chi connectivity index (χ3v) is 10.5. The van der Waals surface area contributed by atoms with Crippen molar-refractivity contribution >= 4 is 17.7 Å². The number of ether oxygens (including phenoxy) is 2. The van der Waals surface area contributed by atoms with Crippen LogP contribution < -0.4 is 14.5 Å². The first-order chi connectivity index (χ1) is 24.6. The van der Waals surface area contributed by atoms with Gasteiger partial charge in [-0.2, -0.15) is 0 Å². The fourth-order valence-corrected chi connectivity index (χ4v) is 7.52. The lowest BCUT2D eigenvalue weighted by molar-refractivity contribution is 0.00656. The van der Waals surface area contributed by atoms with Crippen molar-refractivity contribution in [2.24, 2.45) is 11.3 Å². The zero-order valence-electron chi connectivity index (χ0n) is 31.3. The molecule has 2 fully saturated rings. The first-order valence-corrected chi connectivity index (χ1v) is 18.8. The van der Waals surface area contributed by atoms with E-state index in [9.17, 15) is 4.79 Å². The van der Waals surface area contributed by atoms with Crippen molar-refractivity contribution in [1.82, 2.24) is 9.88 Å². The quantitative estimate of drug-likeness (QED) is 0.123. The molecule has 270 valence electrons. The summed E-state index contributed by atoms with van der Waals surface area (Å²) in [5.74, 6) is 3.37. The third-order valence-electron chi connectivity index (χ3n) is 10.5. The number of carbonyl (C=O) groups excluding carboxylic acids is 1. The Kier molecular flexibility index (Phi) is 11.5. The topological polar surface area (TPSA) is 58.1 Å². The van der Waals surface area contributed by atoms with E-state index in [1.54, 1.807) is 7.11 Å². The van der Waals surface area contributed by atoms with Crippen molar-refractivity contribution in [1.29, 1.82) is 0 Å². The van der Waals surface area contributed by atoms with Gasteiger partial charge in [0.1, 0.15) is 23.0 Å². The normalized spacial score (nSPS) is 16.5. The van der Waals surface area contributed by atoms with Gasteiger partial charge >= 0.3 is 6.09 Å². The minimum Gasteiger partial charge on any atom is -0.497 e. The number of methoxy groups -OCH3 is 1. The summed E-state index contributed by atoms with van der Waals surface area (Å²) in [6.07, 6.45) is 6.81. The molecule has 3 aromatic carbocycles. The summed E-state index contributed by atoms with van der Waals surface area (Å²) in [6, 6.07) is 34.2. The Hall–Kier alpha value is -4.52. The summed E-state index contributed by atoms with van der Waals surface area (Å²) >= 11 is 0. The number of rotatable bonds is 14. The van der Waals surface area contributed by atoms with Gasteiger partial charge in [0.05, 0.1) is 7.11 Å². The van der Waals surface area contributed by atoms with Gasteiger partial charge in [0, 0.05) is 39.3 Å². The maximum absolute atomic E-state index is 13.0. The number of pyridine rings is 1. The fourth-order valence-electron chi connectivity index (χ4n) is 7.52. The number of unbranched alkanes of at least 4 members (excludes halogenated alkanes) is 1. The predicted octanol–water partition coefficient (Wildman–Crippen LogP) is 9.82. The van der Waals surface area contributed by atoms with E-state index in [0.29, 0.717) is 11.3 Å². The zero-order chi connectivity index (χ0) is 35.8. The van der Waals surface area contributed by atoms with Crippen LogP contribution >= 0.6 is 0 Å². The second-order valence-corrected chi connectivity index (χ2v) is 15.7. The van der Waals surface area contributed by atoms with Gasteiger partial charge in [-0.05, 0) is 118 Å². The maximum atomic E-state index is 13.0. The number of benzene rings is 3. The molecule has 1 spiro atoms. The van der Waals surface area contributed by atoms with Crippen LogP contribution in [0, 0.1) is 18.3 Å². The Morgan fingerprint density at radius 2 is 1.37 bits per heavy atom. The Bertz CT molecular complexity index is 1660. The second kappa shape index (κ2) is 16.2. The monoisotopic (exact) mass is 688 g/mol. The highest BCUT2D eigenvalue weighted by atomic mass is 16.6. The molecule has 0 N–H and O–H groups in total. The average Bonchev–Trinajstić information content (AvgIpc) is 3.90. The number of hydrogen-bond acceptors (Lipinski definition) is 6. The summed E-state index contributed by atoms with van der Waals surface area (Å²) in [5, 5.41) is 0. The molecular weight excluding hydrogens is 633 g/mol. The van der Waals surface area contributed by atoms with E-state index >= 15 is 0 Å². The highest BCUT2D eigenvalue weighted by molar-refractivity contribution is 5.68. The van der Waals surface area contributed by atoms with Crippen molar-refractivity contribution < 1.29 is 14.3 Å². The molecule has 7 heteroatoms. The maximum Gasteiger partial charge on any atom is 0.410 e. The van der Waals surface area contributed by atoms with Crippen LogP contribution in [0.3, 0.4) is 0 Å². The number of hydrogen-bond donors (Lipinski definition) is 0. The molecule has 0 bridgehead atoms. The summed E-state index contributed by atoms with van der Waals surface area (Å²) in [5.41, 5.74) is 4.89. The summed E-state index contributed by atoms with van der Waals surface area (Å²) in [6.45, 7) is 12.8. The van der Waals surface area contributed by atoms with Crippen LogP contribution in [0.2, 0.25) is 0 Å². The lowest BCUT2D eigenvalue weighted by Gasteiger charge is -2.39. The zero-order valence-corrected chi connectivity index (χ0v) is 31.3. The molecule has 1 saturated heterocycles. The van der Waals surface area contributed by atoms with Gasteiger partial charge in [-0.25, -0.2) is 9.78 Å². The molecule has 2 aliphatic rings. The SMILES string of the molecule is COc1ccc(CN(CCCCC2CN(C(=O)OC(C)(C)C)CCC23CC3)c2cc(C)cc(N(Cc3ccccc3)Cc3ccccc3)n2)cc1. The third kappa shape index (κ3) is 10.1. The van der Waals surface area contributed by atoms with Gasteiger partial charge in [0.2, 0.25) is 0 Å². The highest BCUT2D eigenvalue weighted by Crippen LogP contribution is 2.58. The standard InChI is InChI=1S/C44H56N4O3/c1-34-28-40(45-41(29-34)48(31-35-14-8-6-9-15-35)32-36-16-10-7-11-17-36)46(30-37-19-21-39(50-5)22-20-37)26-13-12-18-38-33-47(27-25-44(38)23-24-44)42(49)51-43(2,3)4/h6-11,14-17,19-22,28-29,38H,12-13,18,23-27,30-33H2,1-5H3. The van der Waals surface area contributed by atoms with Gasteiger partial charge in [-0.1, -0.05) is 79.2 Å². The van der Waals surface area contributed by atoms with Crippen molar-refractivity contribution in [3.05, 3.63) is 119 Å². The van der Waals surface area contributed by atoms with Crippen molar-refractivity contribution in [3.8, 4) is 5.75 Å². The van der Waals surface area contributed by atoms with E-state index in [0.717, 1.165) is 82.3 Å². The van der Waals surface area contributed by atoms with Gasteiger partial charge in [0.15, 0.2) is 0 Å². The summed E-state index contributed by atoms with van der Waals surface area (Å²) < 4.78 is 11.2. The molecule has 6 rings (SSSR count). The van der Waals surface area contributed by atoms with Crippen LogP contribution in [-0.2, 0) is 24.4 Å². The first-order valence-electron chi connectivity index (χ1n) is 18.8. The largest absolute Gasteiger partial charge is 0.497 e. The van der Waals surface area contributed by atoms with E-state index < -0.39 is 5.60 Å². The van der Waals surface area contributed by atoms with E-state index in [-0.39, 0.29) is 6.09 Å². The van der Waals surface area contributed by atoms with E-state index in [1.165, 1.54) is 35.1 Å². The summed E-state index contributed by atoms with van der Waals surface area (Å²) in [4.78, 5) is 25.2. The number of anilines is 2. The molecular formula is C44H56N4O3.